The highest BCUT2D eigenvalue weighted by Gasteiger charge is 2.24. The van der Waals surface area contributed by atoms with E-state index in [1.165, 1.54) is 44.1 Å². The first-order chi connectivity index (χ1) is 9.81. The summed E-state index contributed by atoms with van der Waals surface area (Å²) in [6.07, 6.45) is 7.99. The number of halogens is 1. The van der Waals surface area contributed by atoms with E-state index in [-0.39, 0.29) is 0 Å². The molecule has 2 aliphatic rings. The lowest BCUT2D eigenvalue weighted by Crippen LogP contribution is -2.24. The number of rotatable bonds is 7. The molecule has 1 heterocycles. The number of hydrogen-bond donors (Lipinski definition) is 1. The van der Waals surface area contributed by atoms with Crippen molar-refractivity contribution in [3.8, 4) is 0 Å². The Balaban J connectivity index is 1.59. The van der Waals surface area contributed by atoms with Gasteiger partial charge in [-0.3, -0.25) is 0 Å². The van der Waals surface area contributed by atoms with Crippen LogP contribution in [-0.2, 0) is 4.74 Å². The van der Waals surface area contributed by atoms with Gasteiger partial charge in [-0.25, -0.2) is 0 Å². The Morgan fingerprint density at radius 2 is 2.20 bits per heavy atom. The van der Waals surface area contributed by atoms with Gasteiger partial charge in [0.25, 0.3) is 0 Å². The number of ether oxygens (including phenoxy) is 1. The van der Waals surface area contributed by atoms with E-state index in [4.69, 9.17) is 16.3 Å². The maximum atomic E-state index is 6.15. The largest absolute Gasteiger partial charge is 0.378 e. The summed E-state index contributed by atoms with van der Waals surface area (Å²) in [6.45, 7) is 2.02. The van der Waals surface area contributed by atoms with Gasteiger partial charge < -0.3 is 10.1 Å². The first kappa shape index (κ1) is 14.4. The topological polar surface area (TPSA) is 21.3 Å². The van der Waals surface area contributed by atoms with Crippen LogP contribution < -0.4 is 5.32 Å². The van der Waals surface area contributed by atoms with Crippen LogP contribution in [0.3, 0.4) is 0 Å². The highest BCUT2D eigenvalue weighted by molar-refractivity contribution is 6.30. The molecule has 0 amide bonds. The summed E-state index contributed by atoms with van der Waals surface area (Å²) in [5.41, 5.74) is 1.36. The maximum Gasteiger partial charge on any atom is 0.0576 e. The molecule has 110 valence electrons. The second kappa shape index (κ2) is 6.93. The van der Waals surface area contributed by atoms with E-state index in [0.29, 0.717) is 12.0 Å². The second-order valence-corrected chi connectivity index (χ2v) is 6.58. The van der Waals surface area contributed by atoms with E-state index in [1.807, 2.05) is 6.07 Å². The number of hydrogen-bond acceptors (Lipinski definition) is 2. The van der Waals surface area contributed by atoms with Crippen molar-refractivity contribution in [3.63, 3.8) is 0 Å². The summed E-state index contributed by atoms with van der Waals surface area (Å²) in [6, 6.07) is 9.11. The highest BCUT2D eigenvalue weighted by Crippen LogP contribution is 2.28. The fourth-order valence-electron chi connectivity index (χ4n) is 3.00. The van der Waals surface area contributed by atoms with Crippen LogP contribution in [-0.4, -0.2) is 25.3 Å². The Morgan fingerprint density at radius 3 is 2.90 bits per heavy atom. The van der Waals surface area contributed by atoms with Crippen LogP contribution in [0.4, 0.5) is 0 Å². The molecule has 3 rings (SSSR count). The van der Waals surface area contributed by atoms with E-state index in [1.54, 1.807) is 0 Å². The van der Waals surface area contributed by atoms with Gasteiger partial charge in [0.15, 0.2) is 0 Å². The summed E-state index contributed by atoms with van der Waals surface area (Å²) in [4.78, 5) is 0. The zero-order chi connectivity index (χ0) is 13.8. The van der Waals surface area contributed by atoms with Crippen LogP contribution in [0.15, 0.2) is 24.3 Å². The number of benzene rings is 1. The molecule has 2 unspecified atom stereocenters. The molecule has 1 saturated heterocycles. The van der Waals surface area contributed by atoms with E-state index >= 15 is 0 Å². The van der Waals surface area contributed by atoms with Crippen molar-refractivity contribution in [2.75, 3.05) is 13.2 Å². The van der Waals surface area contributed by atoms with Gasteiger partial charge in [-0.2, -0.15) is 0 Å². The third kappa shape index (κ3) is 4.21. The van der Waals surface area contributed by atoms with Gasteiger partial charge >= 0.3 is 0 Å². The molecule has 2 fully saturated rings. The van der Waals surface area contributed by atoms with Gasteiger partial charge in [0.05, 0.1) is 6.10 Å². The molecule has 1 aromatic carbocycles. The molecule has 20 heavy (non-hydrogen) atoms. The Morgan fingerprint density at radius 1 is 1.30 bits per heavy atom. The highest BCUT2D eigenvalue weighted by atomic mass is 35.5. The van der Waals surface area contributed by atoms with Crippen LogP contribution in [0.1, 0.15) is 50.0 Å². The number of nitrogens with one attached hydrogen (secondary N) is 1. The molecule has 1 aromatic rings. The van der Waals surface area contributed by atoms with Crippen molar-refractivity contribution in [1.82, 2.24) is 5.32 Å². The fourth-order valence-corrected chi connectivity index (χ4v) is 3.20. The summed E-state index contributed by atoms with van der Waals surface area (Å²) in [5.74, 6) is 0.554. The molecule has 2 atom stereocenters. The van der Waals surface area contributed by atoms with Crippen molar-refractivity contribution >= 4 is 11.6 Å². The van der Waals surface area contributed by atoms with Crippen LogP contribution in [0.25, 0.3) is 0 Å². The van der Waals surface area contributed by atoms with E-state index < -0.39 is 0 Å². The minimum Gasteiger partial charge on any atom is -0.378 e. The minimum atomic E-state index is 0.484. The zero-order valence-corrected chi connectivity index (χ0v) is 12.7. The summed E-state index contributed by atoms with van der Waals surface area (Å²) in [5, 5.41) is 4.51. The van der Waals surface area contributed by atoms with Crippen LogP contribution >= 0.6 is 11.6 Å². The van der Waals surface area contributed by atoms with E-state index in [2.05, 4.69) is 23.5 Å². The van der Waals surface area contributed by atoms with Crippen molar-refractivity contribution in [1.29, 1.82) is 0 Å². The molecule has 0 radical (unpaired) electrons. The van der Waals surface area contributed by atoms with E-state index in [0.717, 1.165) is 24.2 Å². The predicted octanol–water partition coefficient (Wildman–Crippen LogP) is 4.13. The molecular formula is C17H24ClNO. The molecule has 1 saturated carbocycles. The molecule has 1 aliphatic heterocycles. The molecule has 0 bridgehead atoms. The second-order valence-electron chi connectivity index (χ2n) is 6.15. The molecule has 0 spiro atoms. The van der Waals surface area contributed by atoms with Crippen LogP contribution in [0, 0.1) is 0 Å². The molecular weight excluding hydrogens is 270 g/mol. The lowest BCUT2D eigenvalue weighted by Gasteiger charge is -2.20. The van der Waals surface area contributed by atoms with Crippen molar-refractivity contribution in [2.24, 2.45) is 0 Å². The van der Waals surface area contributed by atoms with Gasteiger partial charge in [0.2, 0.25) is 0 Å². The van der Waals surface area contributed by atoms with Crippen LogP contribution in [0.2, 0.25) is 5.02 Å². The molecule has 0 aromatic heterocycles. The third-order valence-electron chi connectivity index (χ3n) is 4.41. The Hall–Kier alpha value is -0.570. The Labute approximate surface area is 126 Å². The lowest BCUT2D eigenvalue weighted by atomic mass is 9.92. The monoisotopic (exact) mass is 293 g/mol. The van der Waals surface area contributed by atoms with Gasteiger partial charge in [-0.15, -0.1) is 0 Å². The molecule has 1 N–H and O–H groups in total. The normalized spacial score (nSPS) is 23.9. The molecule has 1 aliphatic carbocycles. The maximum absolute atomic E-state index is 6.15. The summed E-state index contributed by atoms with van der Waals surface area (Å²) in [7, 11) is 0. The van der Waals surface area contributed by atoms with Gasteiger partial charge in [0, 0.05) is 24.2 Å². The van der Waals surface area contributed by atoms with Gasteiger partial charge in [-0.1, -0.05) is 23.7 Å². The van der Waals surface area contributed by atoms with Gasteiger partial charge in [-0.05, 0) is 62.1 Å². The quantitative estimate of drug-likeness (QED) is 0.816. The summed E-state index contributed by atoms with van der Waals surface area (Å²) >= 11 is 6.15. The standard InChI is InChI=1S/C17H24ClNO/c18-15-4-1-3-13(11-15)14(12-19-16-7-8-16)6-9-17-5-2-10-20-17/h1,3-4,11,14,16-17,19H,2,5-10,12H2. The first-order valence-electron chi connectivity index (χ1n) is 7.92. The molecule has 2 nitrogen and oxygen atoms in total. The fraction of sp³-hybridized carbons (Fsp3) is 0.647. The van der Waals surface area contributed by atoms with Crippen LogP contribution in [0.5, 0.6) is 0 Å². The molecule has 3 heteroatoms. The third-order valence-corrected chi connectivity index (χ3v) is 4.65. The Bertz CT molecular complexity index is 427. The van der Waals surface area contributed by atoms with E-state index in [9.17, 15) is 0 Å². The van der Waals surface area contributed by atoms with Gasteiger partial charge in [0.1, 0.15) is 0 Å². The van der Waals surface area contributed by atoms with Crippen molar-refractivity contribution in [2.45, 2.75) is 56.6 Å². The average molecular weight is 294 g/mol. The van der Waals surface area contributed by atoms with Crippen molar-refractivity contribution in [3.05, 3.63) is 34.9 Å². The average Bonchev–Trinajstić information content (AvgIpc) is 3.13. The first-order valence-corrected chi connectivity index (χ1v) is 8.29. The SMILES string of the molecule is Clc1cccc(C(CCC2CCCO2)CNC2CC2)c1. The van der Waals surface area contributed by atoms with Crippen molar-refractivity contribution < 1.29 is 4.74 Å². The zero-order valence-electron chi connectivity index (χ0n) is 12.0. The summed E-state index contributed by atoms with van der Waals surface area (Å²) < 4.78 is 5.75. The minimum absolute atomic E-state index is 0.484. The smallest absolute Gasteiger partial charge is 0.0576 e. The predicted molar refractivity (Wildman–Crippen MR) is 83.4 cm³/mol. The Kier molecular flexibility index (Phi) is 4.98. The lowest BCUT2D eigenvalue weighted by molar-refractivity contribution is 0.101.